The number of rotatable bonds is 12. The molecule has 0 heterocycles. The van der Waals surface area contributed by atoms with Crippen LogP contribution in [0.5, 0.6) is 11.5 Å². The molecule has 0 spiro atoms. The standard InChI is InChI=1S/C20H31NO5/c1-5-6-7-8-12-21(14-16(2)20(23)25-4)19(22)15-26-18-11-9-10-17(13-18)24-3/h9-11,13,16H,5-8,12,14-15H2,1-4H3. The molecule has 1 unspecified atom stereocenters. The second-order valence-electron chi connectivity index (χ2n) is 6.29. The van der Waals surface area contributed by atoms with E-state index in [1.807, 2.05) is 6.07 Å². The van der Waals surface area contributed by atoms with Crippen LogP contribution in [0.1, 0.15) is 39.5 Å². The van der Waals surface area contributed by atoms with Gasteiger partial charge in [0.2, 0.25) is 0 Å². The van der Waals surface area contributed by atoms with Gasteiger partial charge in [0.15, 0.2) is 6.61 Å². The van der Waals surface area contributed by atoms with Crippen molar-refractivity contribution in [2.45, 2.75) is 39.5 Å². The van der Waals surface area contributed by atoms with Crippen LogP contribution in [0, 0.1) is 5.92 Å². The average Bonchev–Trinajstić information content (AvgIpc) is 2.67. The van der Waals surface area contributed by atoms with Gasteiger partial charge in [-0.15, -0.1) is 0 Å². The molecule has 26 heavy (non-hydrogen) atoms. The highest BCUT2D eigenvalue weighted by Gasteiger charge is 2.21. The maximum Gasteiger partial charge on any atom is 0.310 e. The van der Waals surface area contributed by atoms with E-state index >= 15 is 0 Å². The summed E-state index contributed by atoms with van der Waals surface area (Å²) in [5.74, 6) is 0.424. The molecule has 0 aliphatic carbocycles. The van der Waals surface area contributed by atoms with Gasteiger partial charge in [-0.2, -0.15) is 0 Å². The number of hydrogen-bond donors (Lipinski definition) is 0. The van der Waals surface area contributed by atoms with Crippen LogP contribution in [0.25, 0.3) is 0 Å². The molecule has 0 bridgehead atoms. The first-order valence-corrected chi connectivity index (χ1v) is 9.14. The monoisotopic (exact) mass is 365 g/mol. The van der Waals surface area contributed by atoms with Crippen LogP contribution >= 0.6 is 0 Å². The number of benzene rings is 1. The lowest BCUT2D eigenvalue weighted by atomic mass is 10.1. The van der Waals surface area contributed by atoms with Crippen molar-refractivity contribution in [2.75, 3.05) is 33.9 Å². The molecule has 0 aliphatic rings. The highest BCUT2D eigenvalue weighted by Crippen LogP contribution is 2.19. The van der Waals surface area contributed by atoms with Gasteiger partial charge in [-0.1, -0.05) is 39.2 Å². The molecule has 1 amide bonds. The minimum absolute atomic E-state index is 0.0746. The van der Waals surface area contributed by atoms with E-state index in [0.717, 1.165) is 25.7 Å². The molecule has 1 rings (SSSR count). The second kappa shape index (κ2) is 12.2. The fourth-order valence-electron chi connectivity index (χ4n) is 2.58. The normalized spacial score (nSPS) is 11.5. The Morgan fingerprint density at radius 2 is 1.85 bits per heavy atom. The molecule has 0 aromatic heterocycles. The van der Waals surface area contributed by atoms with E-state index in [4.69, 9.17) is 14.2 Å². The number of nitrogens with zero attached hydrogens (tertiary/aromatic N) is 1. The van der Waals surface area contributed by atoms with Crippen LogP contribution < -0.4 is 9.47 Å². The first-order valence-electron chi connectivity index (χ1n) is 9.14. The van der Waals surface area contributed by atoms with Gasteiger partial charge in [0.25, 0.3) is 5.91 Å². The average molecular weight is 365 g/mol. The van der Waals surface area contributed by atoms with Gasteiger partial charge in [-0.05, 0) is 18.6 Å². The predicted octanol–water partition coefficient (Wildman–Crippen LogP) is 3.29. The highest BCUT2D eigenvalue weighted by molar-refractivity contribution is 5.79. The zero-order valence-corrected chi connectivity index (χ0v) is 16.3. The quantitative estimate of drug-likeness (QED) is 0.420. The maximum atomic E-state index is 12.6. The van der Waals surface area contributed by atoms with Gasteiger partial charge in [-0.3, -0.25) is 9.59 Å². The molecule has 0 radical (unpaired) electrons. The number of carbonyl (C=O) groups is 2. The molecule has 1 aromatic rings. The number of hydrogen-bond acceptors (Lipinski definition) is 5. The molecule has 146 valence electrons. The zero-order chi connectivity index (χ0) is 19.4. The minimum Gasteiger partial charge on any atom is -0.497 e. The smallest absolute Gasteiger partial charge is 0.310 e. The number of carbonyl (C=O) groups excluding carboxylic acids is 2. The maximum absolute atomic E-state index is 12.6. The van der Waals surface area contributed by atoms with Gasteiger partial charge in [-0.25, -0.2) is 0 Å². The SMILES string of the molecule is CCCCCCN(CC(C)C(=O)OC)C(=O)COc1cccc(OC)c1. The fraction of sp³-hybridized carbons (Fsp3) is 0.600. The largest absolute Gasteiger partial charge is 0.497 e. The van der Waals surface area contributed by atoms with Gasteiger partial charge in [0.1, 0.15) is 11.5 Å². The van der Waals surface area contributed by atoms with Gasteiger partial charge < -0.3 is 19.1 Å². The Morgan fingerprint density at radius 3 is 2.50 bits per heavy atom. The number of esters is 1. The van der Waals surface area contributed by atoms with E-state index in [2.05, 4.69) is 6.92 Å². The van der Waals surface area contributed by atoms with Crippen LogP contribution in [-0.2, 0) is 14.3 Å². The predicted molar refractivity (Wildman–Crippen MR) is 100 cm³/mol. The van der Waals surface area contributed by atoms with E-state index in [-0.39, 0.29) is 24.4 Å². The van der Waals surface area contributed by atoms with Crippen LogP contribution in [0.3, 0.4) is 0 Å². The molecular formula is C20H31NO5. The Bertz CT molecular complexity index is 561. The lowest BCUT2D eigenvalue weighted by Crippen LogP contribution is -2.40. The summed E-state index contributed by atoms with van der Waals surface area (Å²) in [6.07, 6.45) is 4.23. The van der Waals surface area contributed by atoms with Crippen LogP contribution in [0.4, 0.5) is 0 Å². The Hall–Kier alpha value is -2.24. The summed E-state index contributed by atoms with van der Waals surface area (Å²) in [6, 6.07) is 7.13. The summed E-state index contributed by atoms with van der Waals surface area (Å²) in [5.41, 5.74) is 0. The number of methoxy groups -OCH3 is 2. The third-order valence-electron chi connectivity index (χ3n) is 4.14. The fourth-order valence-corrected chi connectivity index (χ4v) is 2.58. The molecule has 0 saturated heterocycles. The van der Waals surface area contributed by atoms with E-state index in [9.17, 15) is 9.59 Å². The van der Waals surface area contributed by atoms with Gasteiger partial charge >= 0.3 is 5.97 Å². The minimum atomic E-state index is -0.369. The van der Waals surface area contributed by atoms with Crippen LogP contribution in [0.2, 0.25) is 0 Å². The summed E-state index contributed by atoms with van der Waals surface area (Å²) in [5, 5.41) is 0. The Labute approximate surface area is 156 Å². The zero-order valence-electron chi connectivity index (χ0n) is 16.3. The third-order valence-corrected chi connectivity index (χ3v) is 4.14. The molecule has 6 heteroatoms. The Balaban J connectivity index is 2.64. The van der Waals surface area contributed by atoms with E-state index < -0.39 is 0 Å². The summed E-state index contributed by atoms with van der Waals surface area (Å²) in [6.45, 7) is 4.78. The lowest BCUT2D eigenvalue weighted by Gasteiger charge is -2.25. The summed E-state index contributed by atoms with van der Waals surface area (Å²) in [7, 11) is 2.94. The second-order valence-corrected chi connectivity index (χ2v) is 6.29. The van der Waals surface area contributed by atoms with Crippen LogP contribution in [0.15, 0.2) is 24.3 Å². The first-order chi connectivity index (χ1) is 12.5. The van der Waals surface area contributed by atoms with E-state index in [0.29, 0.717) is 24.6 Å². The van der Waals surface area contributed by atoms with Crippen molar-refractivity contribution < 1.29 is 23.8 Å². The van der Waals surface area contributed by atoms with Crippen LogP contribution in [-0.4, -0.2) is 50.7 Å². The molecule has 0 N–H and O–H groups in total. The summed E-state index contributed by atoms with van der Waals surface area (Å²) >= 11 is 0. The molecule has 1 aromatic carbocycles. The molecular weight excluding hydrogens is 334 g/mol. The van der Waals surface area contributed by atoms with Crippen molar-refractivity contribution in [1.82, 2.24) is 4.90 Å². The van der Waals surface area contributed by atoms with Crippen molar-refractivity contribution in [2.24, 2.45) is 5.92 Å². The highest BCUT2D eigenvalue weighted by atomic mass is 16.5. The Morgan fingerprint density at radius 1 is 1.12 bits per heavy atom. The van der Waals surface area contributed by atoms with Crippen molar-refractivity contribution in [3.8, 4) is 11.5 Å². The van der Waals surface area contributed by atoms with E-state index in [1.54, 1.807) is 37.1 Å². The van der Waals surface area contributed by atoms with Crippen molar-refractivity contribution >= 4 is 11.9 Å². The number of unbranched alkanes of at least 4 members (excludes halogenated alkanes) is 3. The summed E-state index contributed by atoms with van der Waals surface area (Å²) < 4.78 is 15.5. The summed E-state index contributed by atoms with van der Waals surface area (Å²) in [4.78, 5) is 26.0. The third kappa shape index (κ3) is 7.76. The lowest BCUT2D eigenvalue weighted by molar-refractivity contribution is -0.146. The Kier molecular flexibility index (Phi) is 10.2. The van der Waals surface area contributed by atoms with Crippen molar-refractivity contribution in [1.29, 1.82) is 0 Å². The molecule has 0 aliphatic heterocycles. The molecule has 0 saturated carbocycles. The molecule has 0 fully saturated rings. The topological polar surface area (TPSA) is 65.1 Å². The van der Waals surface area contributed by atoms with Gasteiger partial charge in [0, 0.05) is 19.2 Å². The van der Waals surface area contributed by atoms with Crippen molar-refractivity contribution in [3.05, 3.63) is 24.3 Å². The van der Waals surface area contributed by atoms with Crippen molar-refractivity contribution in [3.63, 3.8) is 0 Å². The number of ether oxygens (including phenoxy) is 3. The van der Waals surface area contributed by atoms with E-state index in [1.165, 1.54) is 7.11 Å². The van der Waals surface area contributed by atoms with Gasteiger partial charge in [0.05, 0.1) is 20.1 Å². The number of amides is 1. The molecule has 6 nitrogen and oxygen atoms in total. The molecule has 1 atom stereocenters. The first kappa shape index (κ1) is 21.8.